The minimum atomic E-state index is -1.21. The number of carboxylic acids is 1. The van der Waals surface area contributed by atoms with E-state index in [-0.39, 0.29) is 11.9 Å². The van der Waals surface area contributed by atoms with E-state index in [1.165, 1.54) is 0 Å². The Morgan fingerprint density at radius 1 is 1.33 bits per heavy atom. The minimum Gasteiger partial charge on any atom is -0.480 e. The Hall–Kier alpha value is -1.59. The summed E-state index contributed by atoms with van der Waals surface area (Å²) in [5, 5.41) is 11.7. The Kier molecular flexibility index (Phi) is 2.36. The predicted molar refractivity (Wildman–Crippen MR) is 60.6 cm³/mol. The summed E-state index contributed by atoms with van der Waals surface area (Å²) in [4.78, 5) is 36.4. The lowest BCUT2D eigenvalue weighted by Crippen LogP contribution is -2.44. The van der Waals surface area contributed by atoms with E-state index in [0.717, 1.165) is 12.8 Å². The molecule has 18 heavy (non-hydrogen) atoms. The van der Waals surface area contributed by atoms with Gasteiger partial charge in [0.15, 0.2) is 0 Å². The van der Waals surface area contributed by atoms with Gasteiger partial charge in [0.25, 0.3) is 0 Å². The Labute approximate surface area is 104 Å². The van der Waals surface area contributed by atoms with Gasteiger partial charge in [-0.1, -0.05) is 0 Å². The number of carbonyl (C=O) groups excluding carboxylic acids is 2. The third-order valence-electron chi connectivity index (χ3n) is 4.08. The van der Waals surface area contributed by atoms with Crippen molar-refractivity contribution in [3.05, 3.63) is 0 Å². The first-order chi connectivity index (χ1) is 8.53. The van der Waals surface area contributed by atoms with Crippen LogP contribution in [0.25, 0.3) is 0 Å². The molecule has 1 atom stereocenters. The molecular weight excluding hydrogens is 236 g/mol. The van der Waals surface area contributed by atoms with Gasteiger partial charge in [-0.25, -0.2) is 0 Å². The predicted octanol–water partition coefficient (Wildman–Crippen LogP) is -0.269. The number of aliphatic carboxylic acids is 1. The van der Waals surface area contributed by atoms with Crippen molar-refractivity contribution in [1.82, 2.24) is 10.2 Å². The van der Waals surface area contributed by atoms with E-state index >= 15 is 0 Å². The van der Waals surface area contributed by atoms with Gasteiger partial charge in [-0.2, -0.15) is 0 Å². The average Bonchev–Trinajstić information content (AvgIpc) is 3.19. The van der Waals surface area contributed by atoms with Crippen LogP contribution >= 0.6 is 0 Å². The molecule has 0 bridgehead atoms. The second-order valence-electron chi connectivity index (χ2n) is 5.54. The van der Waals surface area contributed by atoms with Gasteiger partial charge in [0.2, 0.25) is 11.8 Å². The van der Waals surface area contributed by atoms with Crippen LogP contribution in [0.4, 0.5) is 0 Å². The quantitative estimate of drug-likeness (QED) is 0.674. The number of nitrogens with zero attached hydrogens (tertiary/aromatic N) is 1. The summed E-state index contributed by atoms with van der Waals surface area (Å²) >= 11 is 0. The highest BCUT2D eigenvalue weighted by molar-refractivity contribution is 6.05. The molecule has 3 rings (SSSR count). The van der Waals surface area contributed by atoms with Crippen LogP contribution in [0.2, 0.25) is 0 Å². The highest BCUT2D eigenvalue weighted by Crippen LogP contribution is 2.46. The number of amides is 2. The zero-order valence-corrected chi connectivity index (χ0v) is 10.0. The van der Waals surface area contributed by atoms with Gasteiger partial charge < -0.3 is 15.3 Å². The maximum Gasteiger partial charge on any atom is 0.319 e. The monoisotopic (exact) mass is 252 g/mol. The standard InChI is InChI=1S/C12H16N2O4/c15-9-5-7(6-14(9)8-1-2-8)13-10(16)12(3-4-12)11(17)18/h7-8H,1-6H2,(H,13,16)(H,17,18). The van der Waals surface area contributed by atoms with Crippen molar-refractivity contribution in [3.8, 4) is 0 Å². The Morgan fingerprint density at radius 2 is 2.00 bits per heavy atom. The molecule has 6 nitrogen and oxygen atoms in total. The summed E-state index contributed by atoms with van der Waals surface area (Å²) in [6.45, 7) is 0.533. The van der Waals surface area contributed by atoms with E-state index in [1.807, 2.05) is 4.90 Å². The van der Waals surface area contributed by atoms with Crippen LogP contribution in [0.15, 0.2) is 0 Å². The zero-order valence-electron chi connectivity index (χ0n) is 10.0. The molecule has 0 spiro atoms. The summed E-state index contributed by atoms with van der Waals surface area (Å²) in [5.74, 6) is -1.41. The van der Waals surface area contributed by atoms with Gasteiger partial charge >= 0.3 is 5.97 Å². The third-order valence-corrected chi connectivity index (χ3v) is 4.08. The van der Waals surface area contributed by atoms with Crippen LogP contribution in [0.1, 0.15) is 32.1 Å². The van der Waals surface area contributed by atoms with E-state index < -0.39 is 17.3 Å². The lowest BCUT2D eigenvalue weighted by atomic mass is 10.1. The van der Waals surface area contributed by atoms with Gasteiger partial charge in [-0.05, 0) is 25.7 Å². The number of nitrogens with one attached hydrogen (secondary N) is 1. The number of rotatable bonds is 4. The number of hydrogen-bond acceptors (Lipinski definition) is 3. The van der Waals surface area contributed by atoms with Crippen molar-refractivity contribution in [1.29, 1.82) is 0 Å². The SMILES string of the molecule is O=C1CC(NC(=O)C2(C(=O)O)CC2)CN1C1CC1. The highest BCUT2D eigenvalue weighted by Gasteiger charge is 2.57. The molecule has 2 amide bonds. The van der Waals surface area contributed by atoms with E-state index in [4.69, 9.17) is 5.11 Å². The molecule has 1 unspecified atom stereocenters. The number of hydrogen-bond donors (Lipinski definition) is 2. The van der Waals surface area contributed by atoms with Crippen molar-refractivity contribution in [2.75, 3.05) is 6.54 Å². The van der Waals surface area contributed by atoms with E-state index in [0.29, 0.717) is 31.8 Å². The van der Waals surface area contributed by atoms with Gasteiger partial charge in [0.1, 0.15) is 5.41 Å². The first-order valence-electron chi connectivity index (χ1n) is 6.37. The lowest BCUT2D eigenvalue weighted by molar-refractivity contribution is -0.149. The van der Waals surface area contributed by atoms with Gasteiger partial charge in [-0.15, -0.1) is 0 Å². The molecule has 1 heterocycles. The zero-order chi connectivity index (χ0) is 12.9. The van der Waals surface area contributed by atoms with Crippen LogP contribution < -0.4 is 5.32 Å². The average molecular weight is 252 g/mol. The van der Waals surface area contributed by atoms with Crippen molar-refractivity contribution in [3.63, 3.8) is 0 Å². The van der Waals surface area contributed by atoms with Crippen molar-refractivity contribution in [2.24, 2.45) is 5.41 Å². The Balaban J connectivity index is 1.59. The summed E-state index contributed by atoms with van der Waals surface area (Å²) < 4.78 is 0. The number of carboxylic acid groups (broad SMARTS) is 1. The maximum absolute atomic E-state index is 11.9. The van der Waals surface area contributed by atoms with Gasteiger partial charge in [0, 0.05) is 19.0 Å². The Bertz CT molecular complexity index is 426. The molecule has 2 saturated carbocycles. The van der Waals surface area contributed by atoms with Crippen molar-refractivity contribution < 1.29 is 19.5 Å². The topological polar surface area (TPSA) is 86.7 Å². The van der Waals surface area contributed by atoms with Crippen molar-refractivity contribution >= 4 is 17.8 Å². The van der Waals surface area contributed by atoms with Crippen LogP contribution in [-0.4, -0.2) is 46.4 Å². The Morgan fingerprint density at radius 3 is 2.50 bits per heavy atom. The number of likely N-dealkylation sites (tertiary alicyclic amines) is 1. The van der Waals surface area contributed by atoms with Crippen LogP contribution in [0.5, 0.6) is 0 Å². The van der Waals surface area contributed by atoms with Crippen LogP contribution in [-0.2, 0) is 14.4 Å². The second kappa shape index (κ2) is 3.70. The van der Waals surface area contributed by atoms with E-state index in [1.54, 1.807) is 0 Å². The first kappa shape index (κ1) is 11.5. The van der Waals surface area contributed by atoms with Gasteiger partial charge in [-0.3, -0.25) is 14.4 Å². The lowest BCUT2D eigenvalue weighted by Gasteiger charge is -2.17. The third kappa shape index (κ3) is 1.76. The molecule has 3 fully saturated rings. The first-order valence-corrected chi connectivity index (χ1v) is 6.37. The van der Waals surface area contributed by atoms with E-state index in [2.05, 4.69) is 5.32 Å². The molecule has 1 aliphatic heterocycles. The largest absolute Gasteiger partial charge is 0.480 e. The fourth-order valence-electron chi connectivity index (χ4n) is 2.55. The molecule has 6 heteroatoms. The second-order valence-corrected chi connectivity index (χ2v) is 5.54. The molecule has 2 aliphatic carbocycles. The fourth-order valence-corrected chi connectivity index (χ4v) is 2.55. The highest BCUT2D eigenvalue weighted by atomic mass is 16.4. The molecule has 2 N–H and O–H groups in total. The molecule has 0 aromatic heterocycles. The van der Waals surface area contributed by atoms with Crippen LogP contribution in [0.3, 0.4) is 0 Å². The summed E-state index contributed by atoms with van der Waals surface area (Å²) in [6, 6.07) is 0.135. The maximum atomic E-state index is 11.9. The van der Waals surface area contributed by atoms with Crippen LogP contribution in [0, 0.1) is 5.41 Å². The molecule has 0 radical (unpaired) electrons. The number of carbonyl (C=O) groups is 3. The minimum absolute atomic E-state index is 0.0722. The van der Waals surface area contributed by atoms with Gasteiger partial charge in [0.05, 0.1) is 6.04 Å². The molecule has 98 valence electrons. The summed E-state index contributed by atoms with van der Waals surface area (Å²) in [6.07, 6.45) is 3.21. The molecule has 0 aromatic carbocycles. The smallest absolute Gasteiger partial charge is 0.319 e. The molecule has 1 saturated heterocycles. The summed E-state index contributed by atoms with van der Waals surface area (Å²) in [7, 11) is 0. The van der Waals surface area contributed by atoms with Crippen molar-refractivity contribution in [2.45, 2.75) is 44.2 Å². The molecular formula is C12H16N2O4. The molecule has 0 aromatic rings. The summed E-state index contributed by atoms with van der Waals surface area (Å²) in [5.41, 5.74) is -1.21. The normalized spacial score (nSPS) is 29.2. The fraction of sp³-hybridized carbons (Fsp3) is 0.750. The molecule has 3 aliphatic rings. The van der Waals surface area contributed by atoms with E-state index in [9.17, 15) is 14.4 Å².